The van der Waals surface area contributed by atoms with Crippen LogP contribution in [0.5, 0.6) is 0 Å². The van der Waals surface area contributed by atoms with Gasteiger partial charge in [-0.3, -0.25) is 20.2 Å². The molecule has 0 amide bonds. The van der Waals surface area contributed by atoms with E-state index >= 15 is 0 Å². The Balaban J connectivity index is 1.99. The number of hydrogen-bond acceptors (Lipinski definition) is 5. The van der Waals surface area contributed by atoms with Gasteiger partial charge in [0.25, 0.3) is 11.4 Å². The van der Waals surface area contributed by atoms with Gasteiger partial charge in [-0.2, -0.15) is 0 Å². The van der Waals surface area contributed by atoms with Crippen LogP contribution in [0.1, 0.15) is 11.3 Å². The molecule has 0 bridgehead atoms. The minimum atomic E-state index is -0.558. The molecule has 0 radical (unpaired) electrons. The fourth-order valence-corrected chi connectivity index (χ4v) is 2.53. The van der Waals surface area contributed by atoms with Gasteiger partial charge in [0.05, 0.1) is 15.5 Å². The Bertz CT molecular complexity index is 1030. The monoisotopic (exact) mass is 355 g/mol. The molecule has 0 aliphatic heterocycles. The molecule has 0 N–H and O–H groups in total. The maximum atomic E-state index is 11.1. The molecule has 0 saturated heterocycles. The average Bonchev–Trinajstić information content (AvgIpc) is 2.59. The first kappa shape index (κ1) is 16.5. The Hall–Kier alpha value is -3.32. The second kappa shape index (κ2) is 6.66. The van der Waals surface area contributed by atoms with Crippen molar-refractivity contribution in [3.8, 4) is 0 Å². The van der Waals surface area contributed by atoms with Gasteiger partial charge in [-0.15, -0.1) is 0 Å². The van der Waals surface area contributed by atoms with Gasteiger partial charge in [0.1, 0.15) is 10.5 Å². The lowest BCUT2D eigenvalue weighted by molar-refractivity contribution is -0.384. The molecule has 25 heavy (non-hydrogen) atoms. The smallest absolute Gasteiger partial charge is 0.258 e. The SMILES string of the molecule is O=[N+]([O-])c1cc(/C=C/c2ccc3cccc([N+](=O)[O-])c3n2)ccc1Cl. The first-order valence-electron chi connectivity index (χ1n) is 7.12. The standard InChI is InChI=1S/C17H10ClN3O4/c18-14-9-5-11(10-16(14)21(24)25)4-7-13-8-6-12-2-1-3-15(20(22)23)17(12)19-13/h1-10H/b7-4+. The fraction of sp³-hybridized carbons (Fsp3) is 0. The first-order valence-corrected chi connectivity index (χ1v) is 7.50. The number of nitrogens with zero attached hydrogens (tertiary/aromatic N) is 3. The lowest BCUT2D eigenvalue weighted by Gasteiger charge is -2.01. The number of rotatable bonds is 4. The molecular formula is C17H10ClN3O4. The lowest BCUT2D eigenvalue weighted by atomic mass is 10.1. The van der Waals surface area contributed by atoms with Crippen molar-refractivity contribution in [2.24, 2.45) is 0 Å². The van der Waals surface area contributed by atoms with E-state index in [1.54, 1.807) is 42.5 Å². The molecule has 1 heterocycles. The molecule has 1 aromatic heterocycles. The predicted molar refractivity (Wildman–Crippen MR) is 95.4 cm³/mol. The van der Waals surface area contributed by atoms with E-state index in [4.69, 9.17) is 11.6 Å². The molecule has 0 aliphatic rings. The molecule has 3 aromatic rings. The fourth-order valence-electron chi connectivity index (χ4n) is 2.34. The van der Waals surface area contributed by atoms with Gasteiger partial charge in [-0.05, 0) is 23.8 Å². The molecule has 0 fully saturated rings. The van der Waals surface area contributed by atoms with E-state index in [9.17, 15) is 20.2 Å². The van der Waals surface area contributed by atoms with Crippen LogP contribution in [0.4, 0.5) is 11.4 Å². The molecule has 0 atom stereocenters. The van der Waals surface area contributed by atoms with Gasteiger partial charge < -0.3 is 0 Å². The zero-order valence-electron chi connectivity index (χ0n) is 12.6. The van der Waals surface area contributed by atoms with Gasteiger partial charge in [0.2, 0.25) is 0 Å². The van der Waals surface area contributed by atoms with E-state index in [1.807, 2.05) is 0 Å². The highest BCUT2D eigenvalue weighted by molar-refractivity contribution is 6.32. The summed E-state index contributed by atoms with van der Waals surface area (Å²) in [6, 6.07) is 12.6. The van der Waals surface area contributed by atoms with Gasteiger partial charge >= 0.3 is 0 Å². The highest BCUT2D eigenvalue weighted by atomic mass is 35.5. The summed E-state index contributed by atoms with van der Waals surface area (Å²) in [7, 11) is 0. The van der Waals surface area contributed by atoms with Crippen LogP contribution in [0.15, 0.2) is 48.5 Å². The average molecular weight is 356 g/mol. The Morgan fingerprint density at radius 1 is 0.920 bits per heavy atom. The zero-order valence-corrected chi connectivity index (χ0v) is 13.4. The van der Waals surface area contributed by atoms with Crippen molar-refractivity contribution in [2.45, 2.75) is 0 Å². The summed E-state index contributed by atoms with van der Waals surface area (Å²) in [5, 5.41) is 22.7. The number of non-ortho nitro benzene ring substituents is 1. The molecule has 2 aromatic carbocycles. The van der Waals surface area contributed by atoms with E-state index in [-0.39, 0.29) is 21.9 Å². The summed E-state index contributed by atoms with van der Waals surface area (Å²) < 4.78 is 0. The number of pyridine rings is 1. The molecule has 0 aliphatic carbocycles. The van der Waals surface area contributed by atoms with Crippen molar-refractivity contribution in [3.05, 3.63) is 85.0 Å². The van der Waals surface area contributed by atoms with Crippen LogP contribution in [-0.2, 0) is 0 Å². The summed E-state index contributed by atoms with van der Waals surface area (Å²) in [5.74, 6) is 0. The number of halogens is 1. The van der Waals surface area contributed by atoms with Crippen molar-refractivity contribution in [3.63, 3.8) is 0 Å². The lowest BCUT2D eigenvalue weighted by Crippen LogP contribution is -1.92. The minimum absolute atomic E-state index is 0.0570. The topological polar surface area (TPSA) is 99.2 Å². The van der Waals surface area contributed by atoms with E-state index in [0.717, 1.165) is 0 Å². The maximum absolute atomic E-state index is 11.1. The van der Waals surface area contributed by atoms with E-state index in [0.29, 0.717) is 16.6 Å². The quantitative estimate of drug-likeness (QED) is 0.490. The third-order valence-corrected chi connectivity index (χ3v) is 3.85. The number of benzene rings is 2. The normalized spacial score (nSPS) is 11.1. The number of para-hydroxylation sites is 1. The van der Waals surface area contributed by atoms with Crippen molar-refractivity contribution >= 4 is 46.0 Å². The van der Waals surface area contributed by atoms with Crippen LogP contribution in [0.2, 0.25) is 5.02 Å². The second-order valence-electron chi connectivity index (χ2n) is 5.14. The van der Waals surface area contributed by atoms with Gasteiger partial charge in [-0.1, -0.05) is 41.9 Å². The summed E-state index contributed by atoms with van der Waals surface area (Å²) in [6.07, 6.45) is 3.26. The summed E-state index contributed by atoms with van der Waals surface area (Å²) >= 11 is 5.78. The number of fused-ring (bicyclic) bond motifs is 1. The van der Waals surface area contributed by atoms with Crippen LogP contribution in [0.25, 0.3) is 23.1 Å². The first-order chi connectivity index (χ1) is 12.0. The third kappa shape index (κ3) is 3.46. The number of aromatic nitrogens is 1. The molecule has 7 nitrogen and oxygen atoms in total. The van der Waals surface area contributed by atoms with Crippen LogP contribution in [-0.4, -0.2) is 14.8 Å². The molecule has 3 rings (SSSR count). The Morgan fingerprint density at radius 2 is 1.68 bits per heavy atom. The summed E-state index contributed by atoms with van der Waals surface area (Å²) in [4.78, 5) is 25.3. The number of hydrogen-bond donors (Lipinski definition) is 0. The van der Waals surface area contributed by atoms with Gasteiger partial charge in [-0.25, -0.2) is 4.98 Å². The van der Waals surface area contributed by atoms with Crippen LogP contribution < -0.4 is 0 Å². The molecule has 8 heteroatoms. The molecule has 0 unspecified atom stereocenters. The highest BCUT2D eigenvalue weighted by Crippen LogP contribution is 2.27. The van der Waals surface area contributed by atoms with E-state index < -0.39 is 9.85 Å². The third-order valence-electron chi connectivity index (χ3n) is 3.53. The summed E-state index contributed by atoms with van der Waals surface area (Å²) in [5.41, 5.74) is 1.09. The molecule has 0 saturated carbocycles. The molecular weight excluding hydrogens is 346 g/mol. The van der Waals surface area contributed by atoms with Crippen LogP contribution in [0, 0.1) is 20.2 Å². The van der Waals surface area contributed by atoms with Crippen molar-refractivity contribution < 1.29 is 9.85 Å². The van der Waals surface area contributed by atoms with Crippen molar-refractivity contribution in [1.82, 2.24) is 4.98 Å². The van der Waals surface area contributed by atoms with Gasteiger partial charge in [0, 0.05) is 17.5 Å². The van der Waals surface area contributed by atoms with Gasteiger partial charge in [0.15, 0.2) is 0 Å². The van der Waals surface area contributed by atoms with E-state index in [2.05, 4.69) is 4.98 Å². The van der Waals surface area contributed by atoms with Crippen molar-refractivity contribution in [2.75, 3.05) is 0 Å². The Labute approximate surface area is 146 Å². The number of nitro benzene ring substituents is 2. The zero-order chi connectivity index (χ0) is 18.0. The minimum Gasteiger partial charge on any atom is -0.258 e. The number of nitro groups is 2. The van der Waals surface area contributed by atoms with Crippen LogP contribution >= 0.6 is 11.6 Å². The molecule has 124 valence electrons. The predicted octanol–water partition coefficient (Wildman–Crippen LogP) is 4.88. The highest BCUT2D eigenvalue weighted by Gasteiger charge is 2.13. The summed E-state index contributed by atoms with van der Waals surface area (Å²) in [6.45, 7) is 0. The second-order valence-corrected chi connectivity index (χ2v) is 5.55. The maximum Gasteiger partial charge on any atom is 0.295 e. The van der Waals surface area contributed by atoms with E-state index in [1.165, 1.54) is 18.2 Å². The Kier molecular flexibility index (Phi) is 4.40. The molecule has 0 spiro atoms. The Morgan fingerprint density at radius 3 is 2.40 bits per heavy atom. The van der Waals surface area contributed by atoms with Crippen LogP contribution in [0.3, 0.4) is 0 Å². The largest absolute Gasteiger partial charge is 0.295 e. The van der Waals surface area contributed by atoms with Crippen molar-refractivity contribution in [1.29, 1.82) is 0 Å².